The summed E-state index contributed by atoms with van der Waals surface area (Å²) in [4.78, 5) is 0. The highest BCUT2D eigenvalue weighted by Crippen LogP contribution is 2.01. The van der Waals surface area contributed by atoms with Crippen molar-refractivity contribution in [2.75, 3.05) is 0 Å². The van der Waals surface area contributed by atoms with Crippen molar-refractivity contribution in [2.24, 2.45) is 0 Å². The zero-order valence-corrected chi connectivity index (χ0v) is 8.78. The molecular formula is C14H19. The van der Waals surface area contributed by atoms with Crippen LogP contribution in [0.15, 0.2) is 42.5 Å². The quantitative estimate of drug-likeness (QED) is 0.494. The molecule has 0 heteroatoms. The third-order valence-electron chi connectivity index (χ3n) is 2.14. The number of hydrogen-bond acceptors (Lipinski definition) is 0. The Balaban J connectivity index is 2.35. The van der Waals surface area contributed by atoms with E-state index in [1.54, 1.807) is 0 Å². The molecule has 0 unspecified atom stereocenters. The molecule has 0 nitrogen and oxygen atoms in total. The second-order valence-electron chi connectivity index (χ2n) is 3.44. The fraction of sp³-hybridized carbons (Fsp3) is 0.429. The Morgan fingerprint density at radius 2 is 1.57 bits per heavy atom. The first-order valence-corrected chi connectivity index (χ1v) is 5.52. The maximum absolute atomic E-state index is 3.30. The summed E-state index contributed by atoms with van der Waals surface area (Å²) in [5.74, 6) is 0. The van der Waals surface area contributed by atoms with Gasteiger partial charge in [0.1, 0.15) is 0 Å². The minimum Gasteiger partial charge on any atom is -0.0885 e. The van der Waals surface area contributed by atoms with E-state index in [2.05, 4.69) is 48.6 Å². The summed E-state index contributed by atoms with van der Waals surface area (Å²) in [6.45, 7) is 0. The average Bonchev–Trinajstić information content (AvgIpc) is 2.22. The number of allylic oxidation sites excluding steroid dienone is 8. The van der Waals surface area contributed by atoms with Crippen LogP contribution in [0.4, 0.5) is 0 Å². The van der Waals surface area contributed by atoms with E-state index in [9.17, 15) is 0 Å². The Hall–Kier alpha value is -1.04. The second-order valence-corrected chi connectivity index (χ2v) is 3.44. The molecule has 0 bridgehead atoms. The molecule has 1 rings (SSSR count). The highest BCUT2D eigenvalue weighted by molar-refractivity contribution is 5.04. The van der Waals surface area contributed by atoms with Crippen LogP contribution in [0.2, 0.25) is 0 Å². The zero-order valence-electron chi connectivity index (χ0n) is 8.78. The van der Waals surface area contributed by atoms with Crippen molar-refractivity contribution in [1.82, 2.24) is 0 Å². The Bertz CT molecular complexity index is 228. The van der Waals surface area contributed by atoms with Gasteiger partial charge in [0.15, 0.2) is 0 Å². The summed E-state index contributed by atoms with van der Waals surface area (Å²) >= 11 is 0. The molecule has 14 heavy (non-hydrogen) atoms. The molecule has 1 aliphatic rings. The SMILES string of the molecule is [C]1=C/C/C=C/C=C\CC/C=C\CCC/1. The lowest BCUT2D eigenvalue weighted by molar-refractivity contribution is 0.847. The van der Waals surface area contributed by atoms with Crippen LogP contribution in [-0.2, 0) is 0 Å². The van der Waals surface area contributed by atoms with Gasteiger partial charge in [-0.2, -0.15) is 0 Å². The van der Waals surface area contributed by atoms with Crippen molar-refractivity contribution in [3.63, 3.8) is 0 Å². The zero-order chi connectivity index (χ0) is 9.90. The Labute approximate surface area is 87.7 Å². The third kappa shape index (κ3) is 6.47. The van der Waals surface area contributed by atoms with Crippen LogP contribution in [-0.4, -0.2) is 0 Å². The molecule has 75 valence electrons. The molecule has 0 aromatic rings. The van der Waals surface area contributed by atoms with E-state index in [4.69, 9.17) is 0 Å². The molecule has 0 heterocycles. The first-order chi connectivity index (χ1) is 7.00. The number of rotatable bonds is 0. The highest BCUT2D eigenvalue weighted by Gasteiger charge is 1.82. The van der Waals surface area contributed by atoms with Gasteiger partial charge in [-0.1, -0.05) is 42.5 Å². The first-order valence-electron chi connectivity index (χ1n) is 5.52. The molecule has 0 fully saturated rings. The van der Waals surface area contributed by atoms with Gasteiger partial charge < -0.3 is 0 Å². The van der Waals surface area contributed by atoms with E-state index in [1.807, 2.05) is 0 Å². The van der Waals surface area contributed by atoms with Crippen molar-refractivity contribution in [1.29, 1.82) is 0 Å². The molecule has 0 saturated heterocycles. The lowest BCUT2D eigenvalue weighted by Gasteiger charge is -1.91. The standard InChI is InChI=1S/C14H19/c1-2-4-6-8-10-12-14-13-11-9-7-5-3-1/h1-4,7,10,12H,5-6,8,11,13-14H2/b3-1+,4-2-,9-7?,12-10-. The molecule has 1 radical (unpaired) electrons. The van der Waals surface area contributed by atoms with Gasteiger partial charge in [-0.25, -0.2) is 0 Å². The van der Waals surface area contributed by atoms with Gasteiger partial charge >= 0.3 is 0 Å². The summed E-state index contributed by atoms with van der Waals surface area (Å²) in [7, 11) is 0. The third-order valence-corrected chi connectivity index (χ3v) is 2.14. The maximum atomic E-state index is 3.30. The van der Waals surface area contributed by atoms with Gasteiger partial charge in [-0.05, 0) is 44.6 Å². The van der Waals surface area contributed by atoms with Crippen LogP contribution in [0.1, 0.15) is 38.5 Å². The van der Waals surface area contributed by atoms with E-state index in [0.717, 1.165) is 19.3 Å². The van der Waals surface area contributed by atoms with Crippen LogP contribution < -0.4 is 0 Å². The smallest absolute Gasteiger partial charge is 0.0160 e. The molecule has 0 N–H and O–H groups in total. The van der Waals surface area contributed by atoms with E-state index in [-0.39, 0.29) is 0 Å². The summed E-state index contributed by atoms with van der Waals surface area (Å²) in [6, 6.07) is 0. The van der Waals surface area contributed by atoms with Crippen LogP contribution in [0.5, 0.6) is 0 Å². The normalized spacial score (nSPS) is 28.6. The van der Waals surface area contributed by atoms with Crippen molar-refractivity contribution in [3.05, 3.63) is 48.6 Å². The molecule has 0 atom stereocenters. The maximum Gasteiger partial charge on any atom is -0.0160 e. The Kier molecular flexibility index (Phi) is 6.74. The van der Waals surface area contributed by atoms with Gasteiger partial charge in [-0.3, -0.25) is 0 Å². The van der Waals surface area contributed by atoms with Crippen LogP contribution in [0.3, 0.4) is 0 Å². The van der Waals surface area contributed by atoms with Crippen molar-refractivity contribution in [3.8, 4) is 0 Å². The van der Waals surface area contributed by atoms with Crippen molar-refractivity contribution < 1.29 is 0 Å². The van der Waals surface area contributed by atoms with Gasteiger partial charge in [-0.15, -0.1) is 0 Å². The van der Waals surface area contributed by atoms with Crippen LogP contribution in [0, 0.1) is 6.08 Å². The average molecular weight is 187 g/mol. The molecule has 0 aliphatic heterocycles. The fourth-order valence-electron chi connectivity index (χ4n) is 1.34. The lowest BCUT2D eigenvalue weighted by Crippen LogP contribution is -1.72. The summed E-state index contributed by atoms with van der Waals surface area (Å²) in [6.07, 6.45) is 25.5. The summed E-state index contributed by atoms with van der Waals surface area (Å²) in [5, 5.41) is 0. The molecule has 0 spiro atoms. The predicted octanol–water partition coefficient (Wildman–Crippen LogP) is 4.37. The van der Waals surface area contributed by atoms with Gasteiger partial charge in [0.05, 0.1) is 0 Å². The van der Waals surface area contributed by atoms with E-state index in [0.29, 0.717) is 0 Å². The minimum atomic E-state index is 1.01. The molecule has 1 aliphatic carbocycles. The molecule has 0 aromatic carbocycles. The minimum absolute atomic E-state index is 1.01. The largest absolute Gasteiger partial charge is 0.0885 e. The van der Waals surface area contributed by atoms with Crippen molar-refractivity contribution in [2.45, 2.75) is 38.5 Å². The van der Waals surface area contributed by atoms with Crippen LogP contribution >= 0.6 is 0 Å². The predicted molar refractivity (Wildman–Crippen MR) is 62.9 cm³/mol. The fourth-order valence-corrected chi connectivity index (χ4v) is 1.34. The van der Waals surface area contributed by atoms with E-state index in [1.165, 1.54) is 19.3 Å². The van der Waals surface area contributed by atoms with Gasteiger partial charge in [0.2, 0.25) is 0 Å². The Morgan fingerprint density at radius 1 is 0.786 bits per heavy atom. The summed E-state index contributed by atoms with van der Waals surface area (Å²) < 4.78 is 0. The van der Waals surface area contributed by atoms with Gasteiger partial charge in [0, 0.05) is 0 Å². The van der Waals surface area contributed by atoms with Crippen LogP contribution in [0.25, 0.3) is 0 Å². The lowest BCUT2D eigenvalue weighted by atomic mass is 10.2. The van der Waals surface area contributed by atoms with E-state index >= 15 is 0 Å². The molecule has 0 aromatic heterocycles. The van der Waals surface area contributed by atoms with Crippen molar-refractivity contribution >= 4 is 0 Å². The second kappa shape index (κ2) is 8.55. The summed E-state index contributed by atoms with van der Waals surface area (Å²) in [5.41, 5.74) is 0. The van der Waals surface area contributed by atoms with E-state index < -0.39 is 0 Å². The molecule has 0 saturated carbocycles. The Morgan fingerprint density at radius 3 is 2.57 bits per heavy atom. The molecule has 0 amide bonds. The highest BCUT2D eigenvalue weighted by atomic mass is 13.9. The number of hydrogen-bond donors (Lipinski definition) is 0. The monoisotopic (exact) mass is 187 g/mol. The molecular weight excluding hydrogens is 168 g/mol. The topological polar surface area (TPSA) is 0 Å². The first kappa shape index (κ1) is 11.0. The van der Waals surface area contributed by atoms with Gasteiger partial charge in [0.25, 0.3) is 0 Å².